The molecule has 0 fully saturated rings. The highest BCUT2D eigenvalue weighted by molar-refractivity contribution is 7.13. The maximum Gasteiger partial charge on any atom is 0.431 e. The Kier molecular flexibility index (Phi) is 5.30. The average molecular weight is 439 g/mol. The number of ether oxygens (including phenoxy) is 1. The van der Waals surface area contributed by atoms with Gasteiger partial charge in [0.15, 0.2) is 0 Å². The highest BCUT2D eigenvalue weighted by atomic mass is 32.1. The van der Waals surface area contributed by atoms with Crippen molar-refractivity contribution in [3.63, 3.8) is 0 Å². The molecule has 13 heteroatoms. The van der Waals surface area contributed by atoms with Crippen LogP contribution >= 0.6 is 11.5 Å². The zero-order valence-electron chi connectivity index (χ0n) is 14.5. The molecule has 156 valence electrons. The molecule has 0 aliphatic carbocycles. The largest absolute Gasteiger partial charge is 0.431 e. The number of aromatic nitrogens is 3. The van der Waals surface area contributed by atoms with Gasteiger partial charge < -0.3 is 4.74 Å². The standard InChI is InChI=1S/C16H11F6N3O3S/c1-24-12(16(20,21)22)5-13(26)25(14(24)27)8-2-3-11-9(4-8)10(23-29-11)6-28-7-15(17,18)19/h2-5H,6-7H2,1H3. The van der Waals surface area contributed by atoms with Gasteiger partial charge in [-0.15, -0.1) is 0 Å². The third-order valence-corrected chi connectivity index (χ3v) is 4.77. The fourth-order valence-corrected chi connectivity index (χ4v) is 3.38. The van der Waals surface area contributed by atoms with Crippen molar-refractivity contribution in [1.29, 1.82) is 0 Å². The van der Waals surface area contributed by atoms with E-state index in [1.807, 2.05) is 0 Å². The fraction of sp³-hybridized carbons (Fsp3) is 0.312. The Morgan fingerprint density at radius 2 is 1.79 bits per heavy atom. The van der Waals surface area contributed by atoms with E-state index in [0.29, 0.717) is 25.3 Å². The molecule has 0 spiro atoms. The topological polar surface area (TPSA) is 66.1 Å². The summed E-state index contributed by atoms with van der Waals surface area (Å²) in [5.41, 5.74) is -3.72. The van der Waals surface area contributed by atoms with Gasteiger partial charge in [-0.2, -0.15) is 30.7 Å². The zero-order chi connectivity index (χ0) is 21.6. The third-order valence-electron chi connectivity index (χ3n) is 3.90. The van der Waals surface area contributed by atoms with Gasteiger partial charge in [0.25, 0.3) is 5.56 Å². The van der Waals surface area contributed by atoms with Crippen LogP contribution in [0.4, 0.5) is 26.3 Å². The van der Waals surface area contributed by atoms with Crippen molar-refractivity contribution in [2.75, 3.05) is 6.61 Å². The molecule has 0 saturated heterocycles. The van der Waals surface area contributed by atoms with Crippen LogP contribution in [0.2, 0.25) is 0 Å². The van der Waals surface area contributed by atoms with Gasteiger partial charge in [-0.3, -0.25) is 9.36 Å². The summed E-state index contributed by atoms with van der Waals surface area (Å²) in [7, 11) is 0.877. The number of rotatable bonds is 4. The SMILES string of the molecule is Cn1c(C(F)(F)F)cc(=O)n(-c2ccc3snc(COCC(F)(F)F)c3c2)c1=O. The molecular formula is C16H11F6N3O3S. The number of hydrogen-bond donors (Lipinski definition) is 0. The van der Waals surface area contributed by atoms with Gasteiger partial charge in [0.2, 0.25) is 0 Å². The van der Waals surface area contributed by atoms with Gasteiger partial charge in [0, 0.05) is 18.5 Å². The Hall–Kier alpha value is -2.67. The van der Waals surface area contributed by atoms with Crippen LogP contribution < -0.4 is 11.2 Å². The summed E-state index contributed by atoms with van der Waals surface area (Å²) in [6.07, 6.45) is -9.41. The molecule has 0 amide bonds. The summed E-state index contributed by atoms with van der Waals surface area (Å²) >= 11 is 0.962. The molecule has 3 rings (SSSR count). The molecule has 1 aromatic carbocycles. The molecule has 0 saturated carbocycles. The van der Waals surface area contributed by atoms with Crippen LogP contribution in [0.5, 0.6) is 0 Å². The molecule has 0 aliphatic heterocycles. The highest BCUT2D eigenvalue weighted by Gasteiger charge is 2.35. The van der Waals surface area contributed by atoms with E-state index in [1.165, 1.54) is 18.2 Å². The van der Waals surface area contributed by atoms with Gasteiger partial charge in [-0.25, -0.2) is 9.36 Å². The minimum absolute atomic E-state index is 0.0471. The van der Waals surface area contributed by atoms with E-state index >= 15 is 0 Å². The molecule has 2 aromatic heterocycles. The maximum absolute atomic E-state index is 13.0. The van der Waals surface area contributed by atoms with Gasteiger partial charge in [-0.05, 0) is 29.7 Å². The summed E-state index contributed by atoms with van der Waals surface area (Å²) in [5, 5.41) is 0.323. The predicted octanol–water partition coefficient (Wildman–Crippen LogP) is 3.24. The van der Waals surface area contributed by atoms with E-state index in [9.17, 15) is 35.9 Å². The normalized spacial score (nSPS) is 12.7. The molecule has 3 aromatic rings. The summed E-state index contributed by atoms with van der Waals surface area (Å²) in [4.78, 5) is 24.6. The first-order valence-corrected chi connectivity index (χ1v) is 8.59. The van der Waals surface area contributed by atoms with E-state index in [4.69, 9.17) is 0 Å². The third kappa shape index (κ3) is 4.34. The van der Waals surface area contributed by atoms with E-state index in [-0.39, 0.29) is 11.4 Å². The summed E-state index contributed by atoms with van der Waals surface area (Å²) in [6, 6.07) is 4.38. The van der Waals surface area contributed by atoms with E-state index in [1.54, 1.807) is 0 Å². The Balaban J connectivity index is 2.05. The highest BCUT2D eigenvalue weighted by Crippen LogP contribution is 2.28. The monoisotopic (exact) mass is 439 g/mol. The van der Waals surface area contributed by atoms with Gasteiger partial charge in [0.05, 0.1) is 22.7 Å². The molecule has 0 bridgehead atoms. The van der Waals surface area contributed by atoms with E-state index in [0.717, 1.165) is 18.6 Å². The number of halogens is 6. The maximum atomic E-state index is 13.0. The van der Waals surface area contributed by atoms with Crippen molar-refractivity contribution in [2.24, 2.45) is 7.05 Å². The number of fused-ring (bicyclic) bond motifs is 1. The lowest BCUT2D eigenvalue weighted by Gasteiger charge is -2.14. The fourth-order valence-electron chi connectivity index (χ4n) is 2.62. The summed E-state index contributed by atoms with van der Waals surface area (Å²) in [5.74, 6) is 0. The molecule has 0 N–H and O–H groups in total. The molecule has 2 heterocycles. The van der Waals surface area contributed by atoms with Crippen molar-refractivity contribution in [2.45, 2.75) is 19.0 Å². The lowest BCUT2D eigenvalue weighted by Crippen LogP contribution is -2.40. The van der Waals surface area contributed by atoms with Crippen molar-refractivity contribution in [1.82, 2.24) is 13.5 Å². The molecule has 0 radical (unpaired) electrons. The molecule has 0 unspecified atom stereocenters. The average Bonchev–Trinajstić information content (AvgIpc) is 2.99. The van der Waals surface area contributed by atoms with Crippen molar-refractivity contribution >= 4 is 21.6 Å². The number of benzene rings is 1. The van der Waals surface area contributed by atoms with Crippen molar-refractivity contribution in [3.8, 4) is 5.69 Å². The Labute approximate surface area is 161 Å². The van der Waals surface area contributed by atoms with Crippen LogP contribution in [0.25, 0.3) is 15.8 Å². The van der Waals surface area contributed by atoms with Gasteiger partial charge in [0.1, 0.15) is 12.3 Å². The van der Waals surface area contributed by atoms with Gasteiger partial charge >= 0.3 is 18.0 Å². The first-order valence-electron chi connectivity index (χ1n) is 7.82. The van der Waals surface area contributed by atoms with Gasteiger partial charge in [-0.1, -0.05) is 0 Å². The molecule has 29 heavy (non-hydrogen) atoms. The smallest absolute Gasteiger partial charge is 0.366 e. The Morgan fingerprint density at radius 1 is 1.10 bits per heavy atom. The van der Waals surface area contributed by atoms with Crippen LogP contribution in [0.1, 0.15) is 11.4 Å². The lowest BCUT2D eigenvalue weighted by molar-refractivity contribution is -0.176. The van der Waals surface area contributed by atoms with Crippen LogP contribution in [-0.4, -0.2) is 26.3 Å². The molecule has 0 aliphatic rings. The second kappa shape index (κ2) is 7.30. The molecular weight excluding hydrogens is 428 g/mol. The number of nitrogens with zero attached hydrogens (tertiary/aromatic N) is 3. The number of hydrogen-bond acceptors (Lipinski definition) is 5. The first kappa shape index (κ1) is 21.0. The Bertz CT molecular complexity index is 1180. The van der Waals surface area contributed by atoms with Crippen LogP contribution in [0, 0.1) is 0 Å². The van der Waals surface area contributed by atoms with Crippen molar-refractivity contribution < 1.29 is 31.1 Å². The second-order valence-electron chi connectivity index (χ2n) is 5.96. The first-order chi connectivity index (χ1) is 13.4. The van der Waals surface area contributed by atoms with E-state index < -0.39 is 42.5 Å². The van der Waals surface area contributed by atoms with Crippen LogP contribution in [0.15, 0.2) is 33.9 Å². The molecule has 0 atom stereocenters. The Morgan fingerprint density at radius 3 is 2.41 bits per heavy atom. The minimum Gasteiger partial charge on any atom is -0.366 e. The van der Waals surface area contributed by atoms with Crippen molar-refractivity contribution in [3.05, 3.63) is 56.5 Å². The summed E-state index contributed by atoms with van der Waals surface area (Å²) < 4.78 is 85.5. The minimum atomic E-state index is -4.89. The number of alkyl halides is 6. The van der Waals surface area contributed by atoms with E-state index in [2.05, 4.69) is 9.11 Å². The second-order valence-corrected chi connectivity index (χ2v) is 6.77. The quantitative estimate of drug-likeness (QED) is 0.586. The predicted molar refractivity (Wildman–Crippen MR) is 91.2 cm³/mol. The zero-order valence-corrected chi connectivity index (χ0v) is 15.3. The summed E-state index contributed by atoms with van der Waals surface area (Å²) in [6.45, 7) is -1.95. The van der Waals surface area contributed by atoms with Crippen LogP contribution in [0.3, 0.4) is 0 Å². The lowest BCUT2D eigenvalue weighted by atomic mass is 10.2. The molecule has 6 nitrogen and oxygen atoms in total. The van der Waals surface area contributed by atoms with Crippen LogP contribution in [-0.2, 0) is 24.6 Å².